The van der Waals surface area contributed by atoms with Gasteiger partial charge < -0.3 is 0 Å². The highest BCUT2D eigenvalue weighted by molar-refractivity contribution is 9.10. The van der Waals surface area contributed by atoms with Crippen LogP contribution in [0.1, 0.15) is 5.82 Å². The fraction of sp³-hybridized carbons (Fsp3) is 0.0556. The highest BCUT2D eigenvalue weighted by Crippen LogP contribution is 2.30. The molecule has 0 radical (unpaired) electrons. The van der Waals surface area contributed by atoms with Gasteiger partial charge in [0.25, 0.3) is 5.56 Å². The minimum atomic E-state index is -0.604. The zero-order valence-electron chi connectivity index (χ0n) is 14.7. The van der Waals surface area contributed by atoms with E-state index in [2.05, 4.69) is 36.5 Å². The maximum absolute atomic E-state index is 12.8. The predicted molar refractivity (Wildman–Crippen MR) is 123 cm³/mol. The summed E-state index contributed by atoms with van der Waals surface area (Å²) in [6, 6.07) is 9.83. The third kappa shape index (κ3) is 3.88. The van der Waals surface area contributed by atoms with Crippen LogP contribution in [0, 0.1) is 6.92 Å². The molecule has 2 N–H and O–H groups in total. The molecule has 0 saturated heterocycles. The van der Waals surface area contributed by atoms with Gasteiger partial charge in [-0.15, -0.1) is 0 Å². The van der Waals surface area contributed by atoms with Crippen LogP contribution in [-0.4, -0.2) is 25.7 Å². The van der Waals surface area contributed by atoms with Gasteiger partial charge in [0.2, 0.25) is 0 Å². The molecule has 7 nitrogen and oxygen atoms in total. The molecule has 4 aromatic rings. The Bertz CT molecular complexity index is 1370. The van der Waals surface area contributed by atoms with E-state index < -0.39 is 11.6 Å². The molecule has 0 spiro atoms. The summed E-state index contributed by atoms with van der Waals surface area (Å²) in [5, 5.41) is 6.28. The van der Waals surface area contributed by atoms with Gasteiger partial charge in [0.15, 0.2) is 10.2 Å². The maximum atomic E-state index is 12.8. The number of nitrogens with one attached hydrogen (secondary N) is 2. The molecule has 0 aliphatic carbocycles. The zero-order chi connectivity index (χ0) is 20.7. The lowest BCUT2D eigenvalue weighted by atomic mass is 10.2. The van der Waals surface area contributed by atoms with Crippen LogP contribution in [-0.2, 0) is 0 Å². The van der Waals surface area contributed by atoms with Crippen molar-refractivity contribution in [3.63, 3.8) is 0 Å². The number of halogens is 2. The van der Waals surface area contributed by atoms with E-state index in [1.54, 1.807) is 25.1 Å². The van der Waals surface area contributed by atoms with Crippen molar-refractivity contribution >= 4 is 88.5 Å². The lowest BCUT2D eigenvalue weighted by Gasteiger charge is -2.12. The number of hydrogen-bond donors (Lipinski definition) is 2. The van der Waals surface area contributed by atoms with Crippen molar-refractivity contribution in [2.75, 3.05) is 5.32 Å². The van der Waals surface area contributed by atoms with E-state index in [9.17, 15) is 9.59 Å². The van der Waals surface area contributed by atoms with Crippen molar-refractivity contribution in [1.82, 2.24) is 19.9 Å². The summed E-state index contributed by atoms with van der Waals surface area (Å²) in [6.45, 7) is 1.62. The van der Waals surface area contributed by atoms with E-state index in [0.717, 1.165) is 14.7 Å². The molecule has 2 aromatic carbocycles. The lowest BCUT2D eigenvalue weighted by Crippen LogP contribution is -2.42. The van der Waals surface area contributed by atoms with Crippen LogP contribution in [0.2, 0.25) is 5.02 Å². The van der Waals surface area contributed by atoms with Gasteiger partial charge in [-0.25, -0.2) is 19.3 Å². The Balaban J connectivity index is 1.58. The third-order valence-corrected chi connectivity index (χ3v) is 6.11. The Hall–Kier alpha value is -2.40. The molecule has 0 fully saturated rings. The molecule has 29 heavy (non-hydrogen) atoms. The van der Waals surface area contributed by atoms with E-state index in [1.807, 2.05) is 18.2 Å². The molecule has 0 aliphatic rings. The number of amides is 2. The number of aryl methyl sites for hydroxylation is 1. The molecule has 4 rings (SSSR count). The number of carbonyl (C=O) groups excluding carboxylic acids is 1. The van der Waals surface area contributed by atoms with E-state index >= 15 is 0 Å². The number of urea groups is 1. The molecule has 2 heterocycles. The van der Waals surface area contributed by atoms with Gasteiger partial charge >= 0.3 is 6.03 Å². The number of anilines is 1. The first-order valence-corrected chi connectivity index (χ1v) is 10.6. The molecule has 0 atom stereocenters. The molecule has 2 aromatic heterocycles. The van der Waals surface area contributed by atoms with Crippen molar-refractivity contribution in [1.29, 1.82) is 0 Å². The van der Waals surface area contributed by atoms with Crippen LogP contribution in [0.25, 0.3) is 21.1 Å². The Kier molecular flexibility index (Phi) is 5.34. The Labute approximate surface area is 186 Å². The van der Waals surface area contributed by atoms with Crippen molar-refractivity contribution in [2.24, 2.45) is 0 Å². The number of benzene rings is 2. The third-order valence-electron chi connectivity index (χ3n) is 4.01. The minimum absolute atomic E-state index is 0.0864. The summed E-state index contributed by atoms with van der Waals surface area (Å²) < 4.78 is 2.92. The smallest absolute Gasteiger partial charge is 0.284 e. The minimum Gasteiger partial charge on any atom is -0.284 e. The summed E-state index contributed by atoms with van der Waals surface area (Å²) in [7, 11) is 0. The molecule has 2 amide bonds. The number of aromatic nitrogens is 3. The zero-order valence-corrected chi connectivity index (χ0v) is 18.7. The van der Waals surface area contributed by atoms with E-state index in [0.29, 0.717) is 26.9 Å². The number of fused-ring (bicyclic) bond motifs is 2. The van der Waals surface area contributed by atoms with Crippen molar-refractivity contribution in [3.8, 4) is 0 Å². The average Bonchev–Trinajstić information content (AvgIpc) is 3.04. The SMILES string of the molecule is Cc1nc2cc(Cl)ccc2c(=O)n1C(=S)NC(=O)Nc1nc2c(Br)cccc2s1. The fourth-order valence-corrected chi connectivity index (χ4v) is 4.71. The summed E-state index contributed by atoms with van der Waals surface area (Å²) in [6.07, 6.45) is 0. The molecule has 146 valence electrons. The number of nitrogens with zero attached hydrogens (tertiary/aromatic N) is 3. The largest absolute Gasteiger partial charge is 0.327 e. The van der Waals surface area contributed by atoms with Gasteiger partial charge in [-0.3, -0.25) is 15.4 Å². The molecule has 11 heteroatoms. The molecule has 0 bridgehead atoms. The Morgan fingerprint density at radius 3 is 2.83 bits per heavy atom. The second-order valence-electron chi connectivity index (χ2n) is 5.95. The summed E-state index contributed by atoms with van der Waals surface area (Å²) in [5.74, 6) is 0.332. The van der Waals surface area contributed by atoms with E-state index in [4.69, 9.17) is 23.8 Å². The van der Waals surface area contributed by atoms with Crippen LogP contribution in [0.15, 0.2) is 45.7 Å². The monoisotopic (exact) mass is 507 g/mol. The first-order chi connectivity index (χ1) is 13.8. The summed E-state index contributed by atoms with van der Waals surface area (Å²) in [4.78, 5) is 33.9. The van der Waals surface area contributed by atoms with Crippen LogP contribution in [0.5, 0.6) is 0 Å². The molecule has 0 unspecified atom stereocenters. The molecular formula is C18H11BrClN5O2S2. The van der Waals surface area contributed by atoms with Crippen LogP contribution in [0.4, 0.5) is 9.93 Å². The van der Waals surface area contributed by atoms with Crippen molar-refractivity contribution in [2.45, 2.75) is 6.92 Å². The standard InChI is InChI=1S/C18H11BrClN5O2S2/c1-8-21-12-7-9(20)5-6-10(12)15(26)25(8)18(28)24-16(27)23-17-22-14-11(19)3-2-4-13(14)29-17/h2-7H,1H3,(H2,22,23,24,27,28). The van der Waals surface area contributed by atoms with E-state index in [1.165, 1.54) is 15.9 Å². The lowest BCUT2D eigenvalue weighted by molar-refractivity contribution is 0.256. The molecule has 0 saturated carbocycles. The second-order valence-corrected chi connectivity index (χ2v) is 8.66. The van der Waals surface area contributed by atoms with Crippen LogP contribution < -0.4 is 16.2 Å². The maximum Gasteiger partial charge on any atom is 0.327 e. The number of thiazole rings is 1. The first-order valence-electron chi connectivity index (χ1n) is 8.20. The Morgan fingerprint density at radius 2 is 2.07 bits per heavy atom. The van der Waals surface area contributed by atoms with Gasteiger partial charge in [-0.2, -0.15) is 0 Å². The quantitative estimate of drug-likeness (QED) is 0.364. The first kappa shape index (κ1) is 19.9. The molecular weight excluding hydrogens is 498 g/mol. The van der Waals surface area contributed by atoms with Gasteiger partial charge in [-0.1, -0.05) is 29.0 Å². The second kappa shape index (κ2) is 7.79. The summed E-state index contributed by atoms with van der Waals surface area (Å²) >= 11 is 16.0. The van der Waals surface area contributed by atoms with E-state index in [-0.39, 0.29) is 5.11 Å². The van der Waals surface area contributed by atoms with Crippen LogP contribution in [0.3, 0.4) is 0 Å². The molecule has 0 aliphatic heterocycles. The van der Waals surface area contributed by atoms with Gasteiger partial charge in [-0.05, 0) is 65.4 Å². The van der Waals surface area contributed by atoms with Crippen LogP contribution >= 0.6 is 51.1 Å². The summed E-state index contributed by atoms with van der Waals surface area (Å²) in [5.41, 5.74) is 0.821. The van der Waals surface area contributed by atoms with Gasteiger partial charge in [0.1, 0.15) is 5.82 Å². The van der Waals surface area contributed by atoms with Gasteiger partial charge in [0, 0.05) is 9.50 Å². The van der Waals surface area contributed by atoms with Gasteiger partial charge in [0.05, 0.1) is 21.1 Å². The number of thiocarbonyl (C=S) groups is 1. The normalized spacial score (nSPS) is 11.0. The van der Waals surface area contributed by atoms with Crippen molar-refractivity contribution in [3.05, 3.63) is 62.1 Å². The predicted octanol–water partition coefficient (Wildman–Crippen LogP) is 4.69. The highest BCUT2D eigenvalue weighted by atomic mass is 79.9. The number of rotatable bonds is 1. The topological polar surface area (TPSA) is 88.9 Å². The average molecular weight is 509 g/mol. The fourth-order valence-electron chi connectivity index (χ4n) is 2.76. The number of para-hydroxylation sites is 1. The number of carbonyl (C=O) groups is 1. The highest BCUT2D eigenvalue weighted by Gasteiger charge is 2.15. The Morgan fingerprint density at radius 1 is 1.28 bits per heavy atom. The van der Waals surface area contributed by atoms with Crippen molar-refractivity contribution < 1.29 is 4.79 Å². The number of hydrogen-bond acceptors (Lipinski definition) is 6.